The van der Waals surface area contributed by atoms with Crippen molar-refractivity contribution in [1.29, 1.82) is 0 Å². The fourth-order valence-electron chi connectivity index (χ4n) is 1.96. The molecule has 0 fully saturated rings. The van der Waals surface area contributed by atoms with Crippen LogP contribution in [0.2, 0.25) is 0 Å². The molecule has 0 unspecified atom stereocenters. The maximum atomic E-state index is 13.2. The number of rotatable bonds is 4. The van der Waals surface area contributed by atoms with Gasteiger partial charge in [0.1, 0.15) is 11.6 Å². The van der Waals surface area contributed by atoms with E-state index in [2.05, 4.69) is 0 Å². The lowest BCUT2D eigenvalue weighted by Crippen LogP contribution is -2.18. The molecule has 0 radical (unpaired) electrons. The lowest BCUT2D eigenvalue weighted by molar-refractivity contribution is 0.319. The van der Waals surface area contributed by atoms with Gasteiger partial charge in [-0.1, -0.05) is 12.1 Å². The molecular formula is C15H16F2N2. The SMILES string of the molecule is CN(Cc1ccc(F)cc1)Cc1cc(F)ccc1N. The zero-order chi connectivity index (χ0) is 13.8. The molecule has 2 rings (SSSR count). The Kier molecular flexibility index (Phi) is 4.12. The summed E-state index contributed by atoms with van der Waals surface area (Å²) < 4.78 is 25.9. The largest absolute Gasteiger partial charge is 0.398 e. The molecule has 0 aromatic heterocycles. The Labute approximate surface area is 111 Å². The number of halogens is 2. The minimum atomic E-state index is -0.292. The molecule has 0 amide bonds. The van der Waals surface area contributed by atoms with Gasteiger partial charge in [-0.25, -0.2) is 8.78 Å². The summed E-state index contributed by atoms with van der Waals surface area (Å²) in [5, 5.41) is 0. The molecule has 100 valence electrons. The molecule has 4 heteroatoms. The van der Waals surface area contributed by atoms with Crippen LogP contribution in [0.25, 0.3) is 0 Å². The molecule has 0 spiro atoms. The van der Waals surface area contributed by atoms with Gasteiger partial charge in [-0.2, -0.15) is 0 Å². The quantitative estimate of drug-likeness (QED) is 0.857. The number of hydrogen-bond donors (Lipinski definition) is 1. The van der Waals surface area contributed by atoms with E-state index in [4.69, 9.17) is 5.73 Å². The van der Waals surface area contributed by atoms with E-state index in [0.717, 1.165) is 11.1 Å². The molecule has 0 bridgehead atoms. The van der Waals surface area contributed by atoms with E-state index >= 15 is 0 Å². The van der Waals surface area contributed by atoms with Gasteiger partial charge in [0, 0.05) is 18.8 Å². The lowest BCUT2D eigenvalue weighted by atomic mass is 10.1. The average molecular weight is 262 g/mol. The summed E-state index contributed by atoms with van der Waals surface area (Å²) in [6, 6.07) is 10.7. The average Bonchev–Trinajstić information content (AvgIpc) is 2.37. The van der Waals surface area contributed by atoms with Gasteiger partial charge in [0.25, 0.3) is 0 Å². The number of hydrogen-bond acceptors (Lipinski definition) is 2. The molecule has 0 heterocycles. The van der Waals surface area contributed by atoms with Crippen LogP contribution in [-0.2, 0) is 13.1 Å². The van der Waals surface area contributed by atoms with Crippen molar-refractivity contribution in [2.75, 3.05) is 12.8 Å². The van der Waals surface area contributed by atoms with E-state index < -0.39 is 0 Å². The van der Waals surface area contributed by atoms with Gasteiger partial charge in [-0.05, 0) is 48.5 Å². The predicted octanol–water partition coefficient (Wildman–Crippen LogP) is 3.18. The van der Waals surface area contributed by atoms with Gasteiger partial charge >= 0.3 is 0 Å². The van der Waals surface area contributed by atoms with Gasteiger partial charge in [0.05, 0.1) is 0 Å². The summed E-state index contributed by atoms with van der Waals surface area (Å²) >= 11 is 0. The second kappa shape index (κ2) is 5.80. The van der Waals surface area contributed by atoms with Gasteiger partial charge in [0.2, 0.25) is 0 Å². The summed E-state index contributed by atoms with van der Waals surface area (Å²) in [6.07, 6.45) is 0. The van der Waals surface area contributed by atoms with Gasteiger partial charge in [-0.3, -0.25) is 4.90 Å². The molecule has 2 nitrogen and oxygen atoms in total. The first-order valence-corrected chi connectivity index (χ1v) is 6.01. The zero-order valence-electron chi connectivity index (χ0n) is 10.7. The maximum absolute atomic E-state index is 13.2. The lowest BCUT2D eigenvalue weighted by Gasteiger charge is -2.18. The molecule has 0 saturated carbocycles. The molecule has 0 atom stereocenters. The number of anilines is 1. The van der Waals surface area contributed by atoms with Crippen LogP contribution in [0.15, 0.2) is 42.5 Å². The Morgan fingerprint density at radius 3 is 2.26 bits per heavy atom. The summed E-state index contributed by atoms with van der Waals surface area (Å²) in [7, 11) is 1.91. The van der Waals surface area contributed by atoms with Crippen molar-refractivity contribution >= 4 is 5.69 Å². The first-order valence-electron chi connectivity index (χ1n) is 6.01. The van der Waals surface area contributed by atoms with Crippen LogP contribution in [-0.4, -0.2) is 11.9 Å². The fourth-order valence-corrected chi connectivity index (χ4v) is 1.96. The molecule has 0 aliphatic rings. The van der Waals surface area contributed by atoms with Crippen LogP contribution >= 0.6 is 0 Å². The van der Waals surface area contributed by atoms with E-state index in [1.165, 1.54) is 24.3 Å². The number of nitrogen functional groups attached to an aromatic ring is 1. The topological polar surface area (TPSA) is 29.3 Å². The van der Waals surface area contributed by atoms with Gasteiger partial charge in [0.15, 0.2) is 0 Å². The molecule has 2 aromatic rings. The molecule has 2 N–H and O–H groups in total. The van der Waals surface area contributed by atoms with Crippen LogP contribution < -0.4 is 5.73 Å². The summed E-state index contributed by atoms with van der Waals surface area (Å²) in [5.41, 5.74) is 8.14. The third-order valence-electron chi connectivity index (χ3n) is 2.91. The molecule has 2 aromatic carbocycles. The second-order valence-electron chi connectivity index (χ2n) is 4.64. The molecule has 19 heavy (non-hydrogen) atoms. The van der Waals surface area contributed by atoms with Crippen molar-refractivity contribution in [3.05, 3.63) is 65.2 Å². The van der Waals surface area contributed by atoms with Gasteiger partial charge in [-0.15, -0.1) is 0 Å². The Hall–Kier alpha value is -1.94. The Balaban J connectivity index is 2.02. The van der Waals surface area contributed by atoms with Crippen molar-refractivity contribution in [3.63, 3.8) is 0 Å². The Morgan fingerprint density at radius 2 is 1.58 bits per heavy atom. The maximum Gasteiger partial charge on any atom is 0.123 e. The highest BCUT2D eigenvalue weighted by atomic mass is 19.1. The van der Waals surface area contributed by atoms with E-state index in [0.29, 0.717) is 18.8 Å². The van der Waals surface area contributed by atoms with Crippen molar-refractivity contribution < 1.29 is 8.78 Å². The smallest absolute Gasteiger partial charge is 0.123 e. The Bertz CT molecular complexity index is 553. The number of benzene rings is 2. The molecule has 0 aliphatic carbocycles. The van der Waals surface area contributed by atoms with Crippen LogP contribution in [0.3, 0.4) is 0 Å². The van der Waals surface area contributed by atoms with Crippen molar-refractivity contribution in [2.45, 2.75) is 13.1 Å². The number of nitrogens with two attached hydrogens (primary N) is 1. The molecule has 0 aliphatic heterocycles. The third kappa shape index (κ3) is 3.76. The highest BCUT2D eigenvalue weighted by molar-refractivity contribution is 5.46. The van der Waals surface area contributed by atoms with Crippen LogP contribution in [0.5, 0.6) is 0 Å². The van der Waals surface area contributed by atoms with Crippen LogP contribution in [0, 0.1) is 11.6 Å². The second-order valence-corrected chi connectivity index (χ2v) is 4.64. The van der Waals surface area contributed by atoms with Crippen LogP contribution in [0.4, 0.5) is 14.5 Å². The minimum absolute atomic E-state index is 0.249. The highest BCUT2D eigenvalue weighted by Gasteiger charge is 2.06. The first-order chi connectivity index (χ1) is 9.04. The van der Waals surface area contributed by atoms with Gasteiger partial charge < -0.3 is 5.73 Å². The van der Waals surface area contributed by atoms with E-state index in [1.54, 1.807) is 18.2 Å². The molecule has 0 saturated heterocycles. The van der Waals surface area contributed by atoms with Crippen molar-refractivity contribution in [3.8, 4) is 0 Å². The monoisotopic (exact) mass is 262 g/mol. The third-order valence-corrected chi connectivity index (χ3v) is 2.91. The van der Waals surface area contributed by atoms with E-state index in [1.807, 2.05) is 11.9 Å². The minimum Gasteiger partial charge on any atom is -0.398 e. The zero-order valence-corrected chi connectivity index (χ0v) is 10.7. The summed E-state index contributed by atoms with van der Waals surface area (Å²) in [4.78, 5) is 2.00. The normalized spacial score (nSPS) is 10.9. The predicted molar refractivity (Wildman–Crippen MR) is 72.4 cm³/mol. The van der Waals surface area contributed by atoms with Crippen LogP contribution in [0.1, 0.15) is 11.1 Å². The fraction of sp³-hybridized carbons (Fsp3) is 0.200. The first kappa shape index (κ1) is 13.5. The molecular weight excluding hydrogens is 246 g/mol. The number of nitrogens with zero attached hydrogens (tertiary/aromatic N) is 1. The summed E-state index contributed by atoms with van der Waals surface area (Å²) in [6.45, 7) is 1.19. The van der Waals surface area contributed by atoms with Crippen molar-refractivity contribution in [1.82, 2.24) is 4.90 Å². The van der Waals surface area contributed by atoms with E-state index in [9.17, 15) is 8.78 Å². The van der Waals surface area contributed by atoms with Crippen molar-refractivity contribution in [2.24, 2.45) is 0 Å². The standard InChI is InChI=1S/C15H16F2N2/c1-19(9-11-2-4-13(16)5-3-11)10-12-8-14(17)6-7-15(12)18/h2-8H,9-10,18H2,1H3. The highest BCUT2D eigenvalue weighted by Crippen LogP contribution is 2.16. The Morgan fingerprint density at radius 1 is 0.947 bits per heavy atom. The summed E-state index contributed by atoms with van der Waals surface area (Å²) in [5.74, 6) is -0.542. The van der Waals surface area contributed by atoms with E-state index in [-0.39, 0.29) is 11.6 Å².